The van der Waals surface area contributed by atoms with E-state index in [1.54, 1.807) is 4.90 Å². The van der Waals surface area contributed by atoms with Gasteiger partial charge in [-0.05, 0) is 26.3 Å². The fourth-order valence-corrected chi connectivity index (χ4v) is 2.96. The van der Waals surface area contributed by atoms with Crippen molar-refractivity contribution in [3.63, 3.8) is 0 Å². The van der Waals surface area contributed by atoms with E-state index in [4.69, 9.17) is 4.74 Å². The van der Waals surface area contributed by atoms with Crippen molar-refractivity contribution in [1.29, 1.82) is 0 Å². The molecule has 0 aromatic carbocycles. The van der Waals surface area contributed by atoms with E-state index in [-0.39, 0.29) is 18.6 Å². The highest BCUT2D eigenvalue weighted by Gasteiger charge is 2.30. The highest BCUT2D eigenvalue weighted by atomic mass is 16.5. The molecule has 2 rings (SSSR count). The van der Waals surface area contributed by atoms with E-state index in [1.807, 2.05) is 11.8 Å². The summed E-state index contributed by atoms with van der Waals surface area (Å²) in [5.74, 6) is -0.789. The molecule has 2 saturated heterocycles. The van der Waals surface area contributed by atoms with Gasteiger partial charge in [0.1, 0.15) is 6.04 Å². The van der Waals surface area contributed by atoms with E-state index in [2.05, 4.69) is 0 Å². The van der Waals surface area contributed by atoms with E-state index in [0.29, 0.717) is 32.7 Å². The van der Waals surface area contributed by atoms with Crippen LogP contribution in [0.2, 0.25) is 0 Å². The molecule has 2 unspecified atom stereocenters. The lowest BCUT2D eigenvalue weighted by molar-refractivity contribution is -0.146. The molecule has 2 aliphatic heterocycles. The lowest BCUT2D eigenvalue weighted by Gasteiger charge is -2.34. The van der Waals surface area contributed by atoms with Gasteiger partial charge in [-0.15, -0.1) is 0 Å². The minimum absolute atomic E-state index is 0.0216. The van der Waals surface area contributed by atoms with Gasteiger partial charge >= 0.3 is 5.97 Å². The molecule has 1 N–H and O–H groups in total. The molecule has 0 bridgehead atoms. The molecule has 0 aromatic heterocycles. The maximum absolute atomic E-state index is 12.3. The topological polar surface area (TPSA) is 70.1 Å². The van der Waals surface area contributed by atoms with Gasteiger partial charge in [0.05, 0.1) is 19.3 Å². The first-order chi connectivity index (χ1) is 9.58. The second-order valence-electron chi connectivity index (χ2n) is 5.70. The first kappa shape index (κ1) is 15.3. The number of nitrogens with zero attached hydrogens (tertiary/aromatic N) is 2. The van der Waals surface area contributed by atoms with Crippen LogP contribution >= 0.6 is 0 Å². The van der Waals surface area contributed by atoms with Crippen LogP contribution in [0.15, 0.2) is 0 Å². The number of ether oxygens (including phenoxy) is 1. The second kappa shape index (κ2) is 7.04. The number of hydrogen-bond acceptors (Lipinski definition) is 4. The zero-order chi connectivity index (χ0) is 14.5. The molecule has 2 aliphatic rings. The van der Waals surface area contributed by atoms with E-state index in [1.165, 1.54) is 0 Å². The number of carboxylic acid groups (broad SMARTS) is 1. The van der Waals surface area contributed by atoms with Crippen LogP contribution in [0.5, 0.6) is 0 Å². The largest absolute Gasteiger partial charge is 0.480 e. The predicted octanol–water partition coefficient (Wildman–Crippen LogP) is 0.563. The third kappa shape index (κ3) is 3.93. The fraction of sp³-hybridized carbons (Fsp3) is 0.857. The highest BCUT2D eigenvalue weighted by Crippen LogP contribution is 2.17. The van der Waals surface area contributed by atoms with Gasteiger partial charge in [-0.1, -0.05) is 12.8 Å². The number of carbonyl (C=O) groups is 2. The van der Waals surface area contributed by atoms with Crippen molar-refractivity contribution in [2.45, 2.75) is 44.8 Å². The summed E-state index contributed by atoms with van der Waals surface area (Å²) in [7, 11) is 0. The van der Waals surface area contributed by atoms with Crippen molar-refractivity contribution >= 4 is 11.9 Å². The van der Waals surface area contributed by atoms with Gasteiger partial charge in [-0.3, -0.25) is 14.5 Å². The van der Waals surface area contributed by atoms with E-state index in [9.17, 15) is 14.7 Å². The molecular weight excluding hydrogens is 260 g/mol. The van der Waals surface area contributed by atoms with Gasteiger partial charge < -0.3 is 14.7 Å². The summed E-state index contributed by atoms with van der Waals surface area (Å²) in [5.41, 5.74) is 0. The SMILES string of the molecule is CC1CN(C(=O)CN2CCCCCC2C(=O)O)CCO1. The molecule has 1 amide bonds. The predicted molar refractivity (Wildman–Crippen MR) is 73.5 cm³/mol. The first-order valence-corrected chi connectivity index (χ1v) is 7.44. The fourth-order valence-electron chi connectivity index (χ4n) is 2.96. The molecule has 6 heteroatoms. The lowest BCUT2D eigenvalue weighted by Crippen LogP contribution is -2.51. The van der Waals surface area contributed by atoms with Crippen molar-refractivity contribution in [3.05, 3.63) is 0 Å². The maximum atomic E-state index is 12.3. The van der Waals surface area contributed by atoms with Crippen LogP contribution in [0.3, 0.4) is 0 Å². The first-order valence-electron chi connectivity index (χ1n) is 7.44. The summed E-state index contributed by atoms with van der Waals surface area (Å²) in [6.45, 7) is 4.63. The quantitative estimate of drug-likeness (QED) is 0.820. The van der Waals surface area contributed by atoms with Crippen LogP contribution in [-0.2, 0) is 14.3 Å². The summed E-state index contributed by atoms with van der Waals surface area (Å²) in [5, 5.41) is 9.31. The Bertz CT molecular complexity index is 361. The Morgan fingerprint density at radius 1 is 1.25 bits per heavy atom. The smallest absolute Gasteiger partial charge is 0.320 e. The Balaban J connectivity index is 1.94. The summed E-state index contributed by atoms with van der Waals surface area (Å²) in [6.07, 6.45) is 3.64. The van der Waals surface area contributed by atoms with Gasteiger partial charge in [0.25, 0.3) is 0 Å². The van der Waals surface area contributed by atoms with Gasteiger partial charge in [0.15, 0.2) is 0 Å². The average Bonchev–Trinajstić information content (AvgIpc) is 2.64. The minimum Gasteiger partial charge on any atom is -0.480 e. The highest BCUT2D eigenvalue weighted by molar-refractivity contribution is 5.80. The Kier molecular flexibility index (Phi) is 5.37. The minimum atomic E-state index is -0.810. The number of rotatable bonds is 3. The number of aliphatic carboxylic acids is 1. The molecule has 2 atom stereocenters. The number of likely N-dealkylation sites (tertiary alicyclic amines) is 1. The third-order valence-electron chi connectivity index (χ3n) is 4.08. The van der Waals surface area contributed by atoms with Crippen LogP contribution < -0.4 is 0 Å². The summed E-state index contributed by atoms with van der Waals surface area (Å²) < 4.78 is 5.43. The lowest BCUT2D eigenvalue weighted by atomic mass is 10.1. The molecule has 6 nitrogen and oxygen atoms in total. The molecule has 2 heterocycles. The van der Waals surface area contributed by atoms with Crippen molar-refractivity contribution in [1.82, 2.24) is 9.80 Å². The molecule has 2 fully saturated rings. The van der Waals surface area contributed by atoms with E-state index in [0.717, 1.165) is 19.3 Å². The van der Waals surface area contributed by atoms with Crippen molar-refractivity contribution in [2.75, 3.05) is 32.8 Å². The molecule has 20 heavy (non-hydrogen) atoms. The summed E-state index contributed by atoms with van der Waals surface area (Å²) in [4.78, 5) is 27.3. The molecule has 0 radical (unpaired) electrons. The normalized spacial score (nSPS) is 28.9. The Morgan fingerprint density at radius 3 is 2.75 bits per heavy atom. The zero-order valence-electron chi connectivity index (χ0n) is 12.1. The molecule has 0 aromatic rings. The van der Waals surface area contributed by atoms with E-state index >= 15 is 0 Å². The maximum Gasteiger partial charge on any atom is 0.320 e. The Hall–Kier alpha value is -1.14. The summed E-state index contributed by atoms with van der Waals surface area (Å²) in [6, 6.07) is -0.514. The van der Waals surface area contributed by atoms with Gasteiger partial charge in [-0.2, -0.15) is 0 Å². The number of carboxylic acids is 1. The van der Waals surface area contributed by atoms with Crippen LogP contribution in [0.1, 0.15) is 32.6 Å². The van der Waals surface area contributed by atoms with Crippen LogP contribution in [0.25, 0.3) is 0 Å². The monoisotopic (exact) mass is 284 g/mol. The second-order valence-corrected chi connectivity index (χ2v) is 5.70. The molecular formula is C14H24N2O4. The molecule has 114 valence electrons. The molecule has 0 aliphatic carbocycles. The van der Waals surface area contributed by atoms with Crippen molar-refractivity contribution in [2.24, 2.45) is 0 Å². The Morgan fingerprint density at radius 2 is 2.05 bits per heavy atom. The number of morpholine rings is 1. The Labute approximate surface area is 119 Å². The van der Waals surface area contributed by atoms with Crippen LogP contribution in [0.4, 0.5) is 0 Å². The van der Waals surface area contributed by atoms with Crippen LogP contribution in [-0.4, -0.2) is 71.7 Å². The van der Waals surface area contributed by atoms with Gasteiger partial charge in [-0.25, -0.2) is 0 Å². The molecule has 0 saturated carbocycles. The molecule has 0 spiro atoms. The standard InChI is InChI=1S/C14H24N2O4/c1-11-9-16(7-8-20-11)13(17)10-15-6-4-2-3-5-12(15)14(18)19/h11-12H,2-10H2,1H3,(H,18,19). The number of amides is 1. The van der Waals surface area contributed by atoms with Crippen molar-refractivity contribution in [3.8, 4) is 0 Å². The summed E-state index contributed by atoms with van der Waals surface area (Å²) >= 11 is 0. The van der Waals surface area contributed by atoms with E-state index < -0.39 is 12.0 Å². The number of hydrogen-bond donors (Lipinski definition) is 1. The third-order valence-corrected chi connectivity index (χ3v) is 4.08. The van der Waals surface area contributed by atoms with Crippen molar-refractivity contribution < 1.29 is 19.4 Å². The zero-order valence-corrected chi connectivity index (χ0v) is 12.1. The number of carbonyl (C=O) groups excluding carboxylic acids is 1. The van der Waals surface area contributed by atoms with Gasteiger partial charge in [0.2, 0.25) is 5.91 Å². The average molecular weight is 284 g/mol. The van der Waals surface area contributed by atoms with Gasteiger partial charge in [0, 0.05) is 13.1 Å². The van der Waals surface area contributed by atoms with Crippen LogP contribution in [0, 0.1) is 0 Å².